The van der Waals surface area contributed by atoms with Crippen LogP contribution in [0.5, 0.6) is 0 Å². The van der Waals surface area contributed by atoms with Gasteiger partial charge in [-0.3, -0.25) is 0 Å². The number of esters is 1. The number of carbonyl (C=O) groups is 1. The van der Waals surface area contributed by atoms with Gasteiger partial charge in [0.1, 0.15) is 6.10 Å². The van der Waals surface area contributed by atoms with Crippen molar-refractivity contribution in [1.29, 1.82) is 0 Å². The molecule has 1 aliphatic heterocycles. The largest absolute Gasteiger partial charge is 0.452 e. The van der Waals surface area contributed by atoms with Crippen LogP contribution >= 0.6 is 0 Å². The molecule has 2 aliphatic rings. The van der Waals surface area contributed by atoms with E-state index < -0.39 is 13.9 Å². The monoisotopic (exact) mass is 400 g/mol. The van der Waals surface area contributed by atoms with Crippen LogP contribution in [0, 0.1) is 5.92 Å². The summed E-state index contributed by atoms with van der Waals surface area (Å²) in [4.78, 5) is 12.3. The molecule has 3 atom stereocenters. The summed E-state index contributed by atoms with van der Waals surface area (Å²) in [6.45, 7) is 13.3. The molecule has 1 saturated carbocycles. The Bertz CT molecular complexity index is 732. The topological polar surface area (TPSA) is 35.5 Å². The molecule has 1 aromatic rings. The van der Waals surface area contributed by atoms with Crippen LogP contribution in [0.25, 0.3) is 0 Å². The Morgan fingerprint density at radius 2 is 1.86 bits per heavy atom. The van der Waals surface area contributed by atoms with Crippen molar-refractivity contribution >= 4 is 14.3 Å². The Balaban J connectivity index is 2.01. The van der Waals surface area contributed by atoms with Crippen molar-refractivity contribution in [1.82, 2.24) is 0 Å². The molecule has 3 rings (SSSR count). The Morgan fingerprint density at radius 3 is 2.43 bits per heavy atom. The predicted octanol–water partition coefficient (Wildman–Crippen LogP) is 6.05. The molecule has 0 bridgehead atoms. The summed E-state index contributed by atoms with van der Waals surface area (Å²) in [5, 5.41) is 0.107. The van der Waals surface area contributed by atoms with Crippen molar-refractivity contribution in [3.05, 3.63) is 47.5 Å². The molecule has 0 spiro atoms. The van der Waals surface area contributed by atoms with Gasteiger partial charge < -0.3 is 9.16 Å². The Hall–Kier alpha value is -1.39. The van der Waals surface area contributed by atoms with E-state index >= 15 is 0 Å². The Labute approximate surface area is 171 Å². The fourth-order valence-corrected chi connectivity index (χ4v) is 6.03. The highest BCUT2D eigenvalue weighted by Gasteiger charge is 2.55. The lowest BCUT2D eigenvalue weighted by Crippen LogP contribution is -2.60. The van der Waals surface area contributed by atoms with Crippen LogP contribution in [0.3, 0.4) is 0 Å². The van der Waals surface area contributed by atoms with Gasteiger partial charge in [0.2, 0.25) is 0 Å². The van der Waals surface area contributed by atoms with Gasteiger partial charge in [-0.2, -0.15) is 0 Å². The summed E-state index contributed by atoms with van der Waals surface area (Å²) in [5.41, 5.74) is 1.62. The van der Waals surface area contributed by atoms with Gasteiger partial charge in [0.25, 0.3) is 0 Å². The first-order valence-electron chi connectivity index (χ1n) is 10.7. The van der Waals surface area contributed by atoms with E-state index in [9.17, 15) is 4.79 Å². The molecule has 154 valence electrons. The lowest BCUT2D eigenvalue weighted by molar-refractivity contribution is -0.158. The second kappa shape index (κ2) is 7.79. The van der Waals surface area contributed by atoms with Crippen molar-refractivity contribution in [2.75, 3.05) is 0 Å². The number of carbonyl (C=O) groups excluding carboxylic acids is 1. The third-order valence-corrected chi connectivity index (χ3v) is 11.6. The summed E-state index contributed by atoms with van der Waals surface area (Å²) in [7, 11) is -2.06. The summed E-state index contributed by atoms with van der Waals surface area (Å²) in [5.74, 6) is 0.157. The van der Waals surface area contributed by atoms with Crippen LogP contribution in [0.4, 0.5) is 0 Å². The van der Waals surface area contributed by atoms with Crippen LogP contribution in [0.2, 0.25) is 18.1 Å². The SMILES string of the molecule is CC1=C[C@H]([C@@]2(O[Si](C)(C)C(C)(C)C)CCCC[C@@H]2Cc2ccccc2)OC1=O. The predicted molar refractivity (Wildman–Crippen MR) is 117 cm³/mol. The lowest BCUT2D eigenvalue weighted by atomic mass is 9.69. The molecule has 0 N–H and O–H groups in total. The van der Waals surface area contributed by atoms with E-state index in [1.807, 2.05) is 13.0 Å². The highest BCUT2D eigenvalue weighted by molar-refractivity contribution is 6.74. The molecule has 3 nitrogen and oxygen atoms in total. The smallest absolute Gasteiger partial charge is 0.334 e. The van der Waals surface area contributed by atoms with Gasteiger partial charge in [-0.25, -0.2) is 4.79 Å². The summed E-state index contributed by atoms with van der Waals surface area (Å²) >= 11 is 0. The third kappa shape index (κ3) is 4.13. The van der Waals surface area contributed by atoms with Gasteiger partial charge in [0.15, 0.2) is 8.32 Å². The van der Waals surface area contributed by atoms with Crippen LogP contribution in [0.1, 0.15) is 58.9 Å². The molecule has 0 radical (unpaired) electrons. The second-order valence-electron chi connectivity index (χ2n) is 10.1. The number of benzene rings is 1. The molecule has 1 aliphatic carbocycles. The zero-order chi connectivity index (χ0) is 20.6. The Kier molecular flexibility index (Phi) is 5.93. The summed E-state index contributed by atoms with van der Waals surface area (Å²) in [6, 6.07) is 10.7. The molecular formula is C24H36O3Si. The van der Waals surface area contributed by atoms with E-state index in [1.54, 1.807) is 0 Å². The molecule has 1 heterocycles. The van der Waals surface area contributed by atoms with Crippen LogP contribution < -0.4 is 0 Å². The fraction of sp³-hybridized carbons (Fsp3) is 0.625. The number of ether oxygens (including phenoxy) is 1. The molecule has 0 amide bonds. The maximum Gasteiger partial charge on any atom is 0.334 e. The maximum absolute atomic E-state index is 12.3. The number of cyclic esters (lactones) is 1. The van der Waals surface area contributed by atoms with Crippen LogP contribution in [0.15, 0.2) is 42.0 Å². The zero-order valence-electron chi connectivity index (χ0n) is 18.4. The molecule has 1 aromatic carbocycles. The molecule has 1 fully saturated rings. The normalized spacial score (nSPS) is 28.8. The van der Waals surface area contributed by atoms with Crippen molar-refractivity contribution in [3.8, 4) is 0 Å². The maximum atomic E-state index is 12.3. The number of hydrogen-bond acceptors (Lipinski definition) is 3. The van der Waals surface area contributed by atoms with E-state index in [2.05, 4.69) is 64.2 Å². The standard InChI is InChI=1S/C24H36O3Si/c1-18-16-21(26-22(18)25)24(27-28(5,6)23(2,3)4)15-11-10-14-20(24)17-19-12-8-7-9-13-19/h7-9,12-13,16,20-21H,10-11,14-15,17H2,1-6H3/t20-,21-,24-/m1/s1. The average molecular weight is 401 g/mol. The van der Waals surface area contributed by atoms with E-state index in [0.29, 0.717) is 11.5 Å². The zero-order valence-corrected chi connectivity index (χ0v) is 19.4. The van der Waals surface area contributed by atoms with Gasteiger partial charge in [0, 0.05) is 5.57 Å². The van der Waals surface area contributed by atoms with Gasteiger partial charge in [-0.15, -0.1) is 0 Å². The van der Waals surface area contributed by atoms with Crippen LogP contribution in [-0.4, -0.2) is 26.0 Å². The quantitative estimate of drug-likeness (QED) is 0.446. The minimum Gasteiger partial charge on any atom is -0.452 e. The minimum atomic E-state index is -2.06. The van der Waals surface area contributed by atoms with E-state index in [0.717, 1.165) is 25.7 Å². The van der Waals surface area contributed by atoms with Crippen molar-refractivity contribution < 1.29 is 14.0 Å². The van der Waals surface area contributed by atoms with Gasteiger partial charge in [-0.1, -0.05) is 63.9 Å². The third-order valence-electron chi connectivity index (χ3n) is 7.08. The van der Waals surface area contributed by atoms with E-state index in [1.165, 1.54) is 12.0 Å². The van der Waals surface area contributed by atoms with Crippen LogP contribution in [-0.2, 0) is 20.4 Å². The number of rotatable bonds is 5. The molecule has 0 aromatic heterocycles. The molecule has 0 saturated heterocycles. The summed E-state index contributed by atoms with van der Waals surface area (Å²) < 4.78 is 13.1. The average Bonchev–Trinajstić information content (AvgIpc) is 2.96. The first-order valence-corrected chi connectivity index (χ1v) is 13.6. The summed E-state index contributed by atoms with van der Waals surface area (Å²) in [6.07, 6.45) is 7.13. The van der Waals surface area contributed by atoms with Gasteiger partial charge >= 0.3 is 5.97 Å². The van der Waals surface area contributed by atoms with Gasteiger partial charge in [0.05, 0.1) is 5.60 Å². The van der Waals surface area contributed by atoms with Crippen molar-refractivity contribution in [2.45, 2.75) is 89.6 Å². The van der Waals surface area contributed by atoms with Crippen molar-refractivity contribution in [3.63, 3.8) is 0 Å². The van der Waals surface area contributed by atoms with E-state index in [-0.39, 0.29) is 17.1 Å². The second-order valence-corrected chi connectivity index (χ2v) is 14.9. The minimum absolute atomic E-state index is 0.107. The fourth-order valence-electron chi connectivity index (χ4n) is 4.39. The van der Waals surface area contributed by atoms with Crippen molar-refractivity contribution in [2.24, 2.45) is 5.92 Å². The van der Waals surface area contributed by atoms with Gasteiger partial charge in [-0.05, 0) is 61.9 Å². The molecule has 4 heteroatoms. The molecular weight excluding hydrogens is 364 g/mol. The van der Waals surface area contributed by atoms with E-state index in [4.69, 9.17) is 9.16 Å². The lowest BCUT2D eigenvalue weighted by Gasteiger charge is -2.53. The highest BCUT2D eigenvalue weighted by Crippen LogP contribution is 2.49. The highest BCUT2D eigenvalue weighted by atomic mass is 28.4. The molecule has 0 unspecified atom stereocenters. The first kappa shape index (κ1) is 21.3. The first-order chi connectivity index (χ1) is 13.1. The molecule has 28 heavy (non-hydrogen) atoms. The number of hydrogen-bond donors (Lipinski definition) is 0. The Morgan fingerprint density at radius 1 is 1.18 bits per heavy atom.